The minimum Gasteiger partial charge on any atom is -0.494 e. The molecule has 1 amide bonds. The summed E-state index contributed by atoms with van der Waals surface area (Å²) in [6, 6.07) is 15.7. The van der Waals surface area contributed by atoms with Gasteiger partial charge in [-0.1, -0.05) is 0 Å². The number of aromatic nitrogens is 2. The molecule has 1 aliphatic rings. The normalized spacial score (nSPS) is 12.3. The zero-order chi connectivity index (χ0) is 24.1. The van der Waals surface area contributed by atoms with E-state index >= 15 is 0 Å². The second kappa shape index (κ2) is 9.86. The molecule has 2 aromatic carbocycles. The number of carbonyl (C=O) groups is 1. The first-order chi connectivity index (χ1) is 16.4. The lowest BCUT2D eigenvalue weighted by atomic mass is 10.0. The van der Waals surface area contributed by atoms with E-state index in [2.05, 4.69) is 10.4 Å². The van der Waals surface area contributed by atoms with Gasteiger partial charge in [-0.3, -0.25) is 9.59 Å². The van der Waals surface area contributed by atoms with Crippen molar-refractivity contribution in [3.8, 4) is 34.3 Å². The topological polar surface area (TPSA) is 101 Å². The SMILES string of the molecule is CCOc1ccc(OCCNC(=O)C(C)(C)n2nc(-c3ccc4c(c3)OCO4)ccc2=O)cc1. The zero-order valence-corrected chi connectivity index (χ0v) is 19.4. The van der Waals surface area contributed by atoms with Crippen LogP contribution in [0.4, 0.5) is 0 Å². The van der Waals surface area contributed by atoms with Crippen molar-refractivity contribution in [2.45, 2.75) is 26.3 Å². The average molecular weight is 466 g/mol. The summed E-state index contributed by atoms with van der Waals surface area (Å²) in [4.78, 5) is 25.5. The van der Waals surface area contributed by atoms with Gasteiger partial charge in [0.1, 0.15) is 23.6 Å². The van der Waals surface area contributed by atoms with Crippen LogP contribution in [0, 0.1) is 0 Å². The standard InChI is InChI=1S/C25H27N3O6/c1-4-31-18-6-8-19(9-7-18)32-14-13-26-24(30)25(2,3)28-23(29)12-10-20(27-28)17-5-11-21-22(15-17)34-16-33-21/h5-12,15H,4,13-14,16H2,1-3H3,(H,26,30). The Morgan fingerprint density at radius 2 is 1.74 bits per heavy atom. The first-order valence-electron chi connectivity index (χ1n) is 11.0. The number of carbonyl (C=O) groups excluding carboxylic acids is 1. The van der Waals surface area contributed by atoms with Crippen molar-refractivity contribution in [3.63, 3.8) is 0 Å². The van der Waals surface area contributed by atoms with Crippen molar-refractivity contribution in [1.82, 2.24) is 15.1 Å². The van der Waals surface area contributed by atoms with E-state index in [9.17, 15) is 9.59 Å². The lowest BCUT2D eigenvalue weighted by molar-refractivity contribution is -0.129. The van der Waals surface area contributed by atoms with Gasteiger partial charge in [0.15, 0.2) is 11.5 Å². The van der Waals surface area contributed by atoms with Gasteiger partial charge < -0.3 is 24.3 Å². The molecule has 2 heterocycles. The molecule has 1 N–H and O–H groups in total. The minimum absolute atomic E-state index is 0.168. The molecule has 1 aromatic heterocycles. The first-order valence-corrected chi connectivity index (χ1v) is 11.0. The van der Waals surface area contributed by atoms with Crippen LogP contribution in [0.2, 0.25) is 0 Å². The molecule has 0 bridgehead atoms. The molecule has 0 unspecified atom stereocenters. The van der Waals surface area contributed by atoms with E-state index in [1.807, 2.05) is 37.3 Å². The summed E-state index contributed by atoms with van der Waals surface area (Å²) in [5, 5.41) is 7.28. The van der Waals surface area contributed by atoms with Crippen LogP contribution in [0.1, 0.15) is 20.8 Å². The molecule has 0 fully saturated rings. The van der Waals surface area contributed by atoms with Gasteiger partial charge in [-0.2, -0.15) is 5.10 Å². The number of hydrogen-bond donors (Lipinski definition) is 1. The minimum atomic E-state index is -1.22. The number of benzene rings is 2. The van der Waals surface area contributed by atoms with Gasteiger partial charge in [-0.15, -0.1) is 0 Å². The molecule has 0 radical (unpaired) electrons. The van der Waals surface area contributed by atoms with Crippen molar-refractivity contribution < 1.29 is 23.7 Å². The third-order valence-corrected chi connectivity index (χ3v) is 5.34. The van der Waals surface area contributed by atoms with Gasteiger partial charge in [-0.05, 0) is 69.3 Å². The highest BCUT2D eigenvalue weighted by Gasteiger charge is 2.32. The summed E-state index contributed by atoms with van der Waals surface area (Å²) in [7, 11) is 0. The Labute approximate surface area is 197 Å². The van der Waals surface area contributed by atoms with Gasteiger partial charge in [0.2, 0.25) is 12.7 Å². The Morgan fingerprint density at radius 3 is 2.47 bits per heavy atom. The Morgan fingerprint density at radius 1 is 1.03 bits per heavy atom. The highest BCUT2D eigenvalue weighted by atomic mass is 16.7. The first kappa shape index (κ1) is 23.2. The van der Waals surface area contributed by atoms with E-state index in [0.717, 1.165) is 11.3 Å². The molecule has 0 aliphatic carbocycles. The van der Waals surface area contributed by atoms with E-state index in [1.54, 1.807) is 32.0 Å². The maximum atomic E-state index is 12.9. The van der Waals surface area contributed by atoms with Crippen LogP contribution in [-0.2, 0) is 10.3 Å². The number of nitrogens with one attached hydrogen (secondary N) is 1. The number of ether oxygens (including phenoxy) is 4. The molecule has 4 rings (SSSR count). The van der Waals surface area contributed by atoms with Crippen LogP contribution in [0.25, 0.3) is 11.3 Å². The predicted molar refractivity (Wildman–Crippen MR) is 125 cm³/mol. The van der Waals surface area contributed by atoms with Gasteiger partial charge in [0, 0.05) is 11.6 Å². The molecule has 0 atom stereocenters. The summed E-state index contributed by atoms with van der Waals surface area (Å²) in [5.74, 6) is 2.36. The van der Waals surface area contributed by atoms with Crippen LogP contribution in [0.5, 0.6) is 23.0 Å². The van der Waals surface area contributed by atoms with E-state index in [4.69, 9.17) is 18.9 Å². The van der Waals surface area contributed by atoms with Crippen molar-refractivity contribution in [1.29, 1.82) is 0 Å². The fourth-order valence-corrected chi connectivity index (χ4v) is 3.47. The maximum absolute atomic E-state index is 12.9. The molecule has 0 spiro atoms. The second-order valence-corrected chi connectivity index (χ2v) is 8.10. The van der Waals surface area contributed by atoms with E-state index in [0.29, 0.717) is 29.5 Å². The third kappa shape index (κ3) is 4.98. The average Bonchev–Trinajstić information content (AvgIpc) is 3.31. The van der Waals surface area contributed by atoms with Gasteiger partial charge in [0.05, 0.1) is 18.8 Å². The number of fused-ring (bicyclic) bond motifs is 1. The summed E-state index contributed by atoms with van der Waals surface area (Å²) >= 11 is 0. The van der Waals surface area contributed by atoms with Crippen molar-refractivity contribution in [2.24, 2.45) is 0 Å². The monoisotopic (exact) mass is 465 g/mol. The zero-order valence-electron chi connectivity index (χ0n) is 19.4. The fourth-order valence-electron chi connectivity index (χ4n) is 3.47. The van der Waals surface area contributed by atoms with Crippen LogP contribution >= 0.6 is 0 Å². The molecular formula is C25H27N3O6. The summed E-state index contributed by atoms with van der Waals surface area (Å²) in [5.41, 5.74) is -0.311. The van der Waals surface area contributed by atoms with Crippen LogP contribution in [0.3, 0.4) is 0 Å². The van der Waals surface area contributed by atoms with Crippen molar-refractivity contribution in [3.05, 3.63) is 65.0 Å². The quantitative estimate of drug-likeness (QED) is 0.485. The number of rotatable bonds is 9. The number of amides is 1. The molecule has 34 heavy (non-hydrogen) atoms. The molecule has 0 saturated heterocycles. The van der Waals surface area contributed by atoms with Crippen LogP contribution in [-0.4, -0.2) is 42.2 Å². The highest BCUT2D eigenvalue weighted by molar-refractivity contribution is 5.83. The van der Waals surface area contributed by atoms with Gasteiger partial charge in [-0.25, -0.2) is 4.68 Å². The van der Waals surface area contributed by atoms with Crippen LogP contribution in [0.15, 0.2) is 59.4 Å². The molecule has 9 nitrogen and oxygen atoms in total. The molecular weight excluding hydrogens is 438 g/mol. The Kier molecular flexibility index (Phi) is 6.72. The van der Waals surface area contributed by atoms with Crippen molar-refractivity contribution in [2.75, 3.05) is 26.6 Å². The third-order valence-electron chi connectivity index (χ3n) is 5.34. The summed E-state index contributed by atoms with van der Waals surface area (Å²) in [6.07, 6.45) is 0. The Bertz CT molecular complexity index is 1220. The summed E-state index contributed by atoms with van der Waals surface area (Å²) < 4.78 is 23.0. The maximum Gasteiger partial charge on any atom is 0.267 e. The van der Waals surface area contributed by atoms with Gasteiger partial charge >= 0.3 is 0 Å². The molecule has 1 aliphatic heterocycles. The van der Waals surface area contributed by atoms with Crippen molar-refractivity contribution >= 4 is 5.91 Å². The highest BCUT2D eigenvalue weighted by Crippen LogP contribution is 2.35. The molecule has 9 heteroatoms. The van der Waals surface area contributed by atoms with Crippen LogP contribution < -0.4 is 29.8 Å². The lowest BCUT2D eigenvalue weighted by Crippen LogP contribution is -2.50. The summed E-state index contributed by atoms with van der Waals surface area (Å²) in [6.45, 7) is 6.52. The van der Waals surface area contributed by atoms with E-state index in [-0.39, 0.29) is 31.4 Å². The molecule has 0 saturated carbocycles. The Balaban J connectivity index is 1.40. The van der Waals surface area contributed by atoms with Gasteiger partial charge in [0.25, 0.3) is 5.56 Å². The molecule has 3 aromatic rings. The lowest BCUT2D eigenvalue weighted by Gasteiger charge is -2.25. The predicted octanol–water partition coefficient (Wildman–Crippen LogP) is 2.97. The van der Waals surface area contributed by atoms with E-state index in [1.165, 1.54) is 10.7 Å². The largest absolute Gasteiger partial charge is 0.494 e. The number of nitrogens with zero attached hydrogens (tertiary/aromatic N) is 2. The fraction of sp³-hybridized carbons (Fsp3) is 0.320. The Hall–Kier alpha value is -4.01. The van der Waals surface area contributed by atoms with E-state index < -0.39 is 5.54 Å². The molecule has 178 valence electrons. The number of hydrogen-bond acceptors (Lipinski definition) is 7. The smallest absolute Gasteiger partial charge is 0.267 e. The second-order valence-electron chi connectivity index (χ2n) is 8.10.